The molecule has 0 radical (unpaired) electrons. The van der Waals surface area contributed by atoms with Crippen LogP contribution in [0.2, 0.25) is 5.02 Å². The van der Waals surface area contributed by atoms with Gasteiger partial charge in [-0.1, -0.05) is 35.9 Å². The van der Waals surface area contributed by atoms with Crippen LogP contribution in [0.25, 0.3) is 0 Å². The van der Waals surface area contributed by atoms with E-state index in [1.54, 1.807) is 12.1 Å². The molecule has 0 unspecified atom stereocenters. The smallest absolute Gasteiger partial charge is 0.123 e. The summed E-state index contributed by atoms with van der Waals surface area (Å²) in [7, 11) is 0. The van der Waals surface area contributed by atoms with E-state index >= 15 is 0 Å². The Balaban J connectivity index is 1.61. The Morgan fingerprint density at radius 1 is 1.18 bits per heavy atom. The Kier molecular flexibility index (Phi) is 4.77. The molecule has 1 aliphatic rings. The first-order valence-corrected chi connectivity index (χ1v) is 7.93. The molecule has 4 heteroatoms. The SMILES string of the molecule is O[C@H](c1cccc(F)c1)[C@H]1CC[C@@H](Cc2ccc(Cl)cc2)N1. The minimum Gasteiger partial charge on any atom is -0.387 e. The number of hydrogen-bond acceptors (Lipinski definition) is 2. The van der Waals surface area contributed by atoms with Gasteiger partial charge in [-0.3, -0.25) is 0 Å². The zero-order valence-corrected chi connectivity index (χ0v) is 12.9. The Labute approximate surface area is 134 Å². The topological polar surface area (TPSA) is 32.3 Å². The molecule has 1 heterocycles. The van der Waals surface area contributed by atoms with Crippen LogP contribution < -0.4 is 5.32 Å². The number of benzene rings is 2. The van der Waals surface area contributed by atoms with E-state index in [1.807, 2.05) is 24.3 Å². The lowest BCUT2D eigenvalue weighted by Crippen LogP contribution is -2.35. The van der Waals surface area contributed by atoms with Crippen molar-refractivity contribution < 1.29 is 9.50 Å². The van der Waals surface area contributed by atoms with E-state index in [9.17, 15) is 9.50 Å². The van der Waals surface area contributed by atoms with E-state index in [0.717, 1.165) is 24.3 Å². The van der Waals surface area contributed by atoms with Crippen LogP contribution in [0.5, 0.6) is 0 Å². The summed E-state index contributed by atoms with van der Waals surface area (Å²) >= 11 is 5.89. The van der Waals surface area contributed by atoms with Gasteiger partial charge in [0.25, 0.3) is 0 Å². The standard InChI is InChI=1S/C18H19ClFNO/c19-14-6-4-12(5-7-14)10-16-8-9-17(21-16)18(22)13-2-1-3-15(20)11-13/h1-7,11,16-18,21-22H,8-10H2/t16-,17+,18+/m0/s1. The Bertz CT molecular complexity index is 631. The van der Waals surface area contributed by atoms with Gasteiger partial charge in [0.15, 0.2) is 0 Å². The van der Waals surface area contributed by atoms with Crippen molar-refractivity contribution in [2.45, 2.75) is 37.5 Å². The lowest BCUT2D eigenvalue weighted by Gasteiger charge is -2.20. The van der Waals surface area contributed by atoms with E-state index in [1.165, 1.54) is 17.7 Å². The summed E-state index contributed by atoms with van der Waals surface area (Å²) in [4.78, 5) is 0. The summed E-state index contributed by atoms with van der Waals surface area (Å²) < 4.78 is 13.3. The summed E-state index contributed by atoms with van der Waals surface area (Å²) in [5, 5.41) is 14.6. The van der Waals surface area contributed by atoms with Crippen molar-refractivity contribution in [2.24, 2.45) is 0 Å². The molecule has 3 atom stereocenters. The maximum Gasteiger partial charge on any atom is 0.123 e. The van der Waals surface area contributed by atoms with Crippen molar-refractivity contribution in [3.05, 3.63) is 70.5 Å². The molecule has 1 aliphatic heterocycles. The fourth-order valence-electron chi connectivity index (χ4n) is 3.09. The largest absolute Gasteiger partial charge is 0.387 e. The molecule has 0 bridgehead atoms. The first-order chi connectivity index (χ1) is 10.6. The molecular weight excluding hydrogens is 301 g/mol. The molecule has 22 heavy (non-hydrogen) atoms. The average Bonchev–Trinajstić information content (AvgIpc) is 2.97. The average molecular weight is 320 g/mol. The minimum absolute atomic E-state index is 0.0286. The third kappa shape index (κ3) is 3.67. The lowest BCUT2D eigenvalue weighted by atomic mass is 10.0. The molecule has 2 aromatic carbocycles. The van der Waals surface area contributed by atoms with Gasteiger partial charge >= 0.3 is 0 Å². The normalized spacial score (nSPS) is 22.7. The number of nitrogens with one attached hydrogen (secondary N) is 1. The van der Waals surface area contributed by atoms with Crippen molar-refractivity contribution in [1.29, 1.82) is 0 Å². The molecule has 3 rings (SSSR count). The first-order valence-electron chi connectivity index (χ1n) is 7.56. The van der Waals surface area contributed by atoms with Gasteiger partial charge in [-0.05, 0) is 54.7 Å². The maximum absolute atomic E-state index is 13.3. The lowest BCUT2D eigenvalue weighted by molar-refractivity contribution is 0.135. The van der Waals surface area contributed by atoms with Gasteiger partial charge in [0.05, 0.1) is 6.10 Å². The summed E-state index contributed by atoms with van der Waals surface area (Å²) in [6.45, 7) is 0. The van der Waals surface area contributed by atoms with Crippen LogP contribution in [0.3, 0.4) is 0 Å². The fourth-order valence-corrected chi connectivity index (χ4v) is 3.21. The Morgan fingerprint density at radius 2 is 1.95 bits per heavy atom. The first kappa shape index (κ1) is 15.5. The predicted molar refractivity (Wildman–Crippen MR) is 86.5 cm³/mol. The number of halogens is 2. The third-order valence-corrected chi connectivity index (χ3v) is 4.49. The molecule has 2 nitrogen and oxygen atoms in total. The number of hydrogen-bond donors (Lipinski definition) is 2. The highest BCUT2D eigenvalue weighted by Gasteiger charge is 2.30. The molecule has 2 N–H and O–H groups in total. The van der Waals surface area contributed by atoms with Gasteiger partial charge in [0.1, 0.15) is 5.82 Å². The Morgan fingerprint density at radius 3 is 2.68 bits per heavy atom. The molecular formula is C18H19ClFNO. The second kappa shape index (κ2) is 6.78. The number of aliphatic hydroxyl groups excluding tert-OH is 1. The van der Waals surface area contributed by atoms with Crippen LogP contribution in [-0.4, -0.2) is 17.2 Å². The third-order valence-electron chi connectivity index (χ3n) is 4.24. The fraction of sp³-hybridized carbons (Fsp3) is 0.333. The molecule has 0 amide bonds. The van der Waals surface area contributed by atoms with Gasteiger partial charge in [-0.25, -0.2) is 4.39 Å². The summed E-state index contributed by atoms with van der Waals surface area (Å²) in [5.41, 5.74) is 1.85. The summed E-state index contributed by atoms with van der Waals surface area (Å²) in [5.74, 6) is -0.313. The summed E-state index contributed by atoms with van der Waals surface area (Å²) in [6, 6.07) is 14.3. The van der Waals surface area contributed by atoms with Gasteiger partial charge < -0.3 is 10.4 Å². The number of aliphatic hydroxyl groups is 1. The van der Waals surface area contributed by atoms with Crippen molar-refractivity contribution in [3.63, 3.8) is 0 Å². The highest BCUT2D eigenvalue weighted by atomic mass is 35.5. The van der Waals surface area contributed by atoms with Crippen molar-refractivity contribution in [2.75, 3.05) is 0 Å². The zero-order valence-electron chi connectivity index (χ0n) is 12.2. The van der Waals surface area contributed by atoms with Gasteiger partial charge in [0.2, 0.25) is 0 Å². The van der Waals surface area contributed by atoms with Crippen molar-refractivity contribution >= 4 is 11.6 Å². The molecule has 0 aliphatic carbocycles. The molecule has 116 valence electrons. The molecule has 0 aromatic heterocycles. The van der Waals surface area contributed by atoms with Crippen LogP contribution in [-0.2, 0) is 6.42 Å². The van der Waals surface area contributed by atoms with E-state index in [2.05, 4.69) is 5.32 Å². The highest BCUT2D eigenvalue weighted by molar-refractivity contribution is 6.30. The van der Waals surface area contributed by atoms with Gasteiger partial charge in [0, 0.05) is 17.1 Å². The van der Waals surface area contributed by atoms with E-state index < -0.39 is 6.10 Å². The van der Waals surface area contributed by atoms with Crippen LogP contribution in [0, 0.1) is 5.82 Å². The minimum atomic E-state index is -0.675. The van der Waals surface area contributed by atoms with E-state index in [4.69, 9.17) is 11.6 Å². The molecule has 2 aromatic rings. The second-order valence-electron chi connectivity index (χ2n) is 5.88. The van der Waals surface area contributed by atoms with Gasteiger partial charge in [-0.15, -0.1) is 0 Å². The van der Waals surface area contributed by atoms with Gasteiger partial charge in [-0.2, -0.15) is 0 Å². The van der Waals surface area contributed by atoms with Crippen molar-refractivity contribution in [1.82, 2.24) is 5.32 Å². The zero-order chi connectivity index (χ0) is 15.5. The van der Waals surface area contributed by atoms with Crippen LogP contribution in [0.15, 0.2) is 48.5 Å². The molecule has 1 fully saturated rings. The monoisotopic (exact) mass is 319 g/mol. The van der Waals surface area contributed by atoms with Crippen LogP contribution >= 0.6 is 11.6 Å². The molecule has 1 saturated heterocycles. The van der Waals surface area contributed by atoms with Crippen LogP contribution in [0.4, 0.5) is 4.39 Å². The summed E-state index contributed by atoms with van der Waals surface area (Å²) in [6.07, 6.45) is 2.12. The number of rotatable bonds is 4. The quantitative estimate of drug-likeness (QED) is 0.896. The molecule has 0 spiro atoms. The van der Waals surface area contributed by atoms with Crippen LogP contribution in [0.1, 0.15) is 30.1 Å². The van der Waals surface area contributed by atoms with E-state index in [0.29, 0.717) is 11.6 Å². The second-order valence-corrected chi connectivity index (χ2v) is 6.31. The Hall–Kier alpha value is -1.42. The molecule has 0 saturated carbocycles. The van der Waals surface area contributed by atoms with Crippen molar-refractivity contribution in [3.8, 4) is 0 Å². The highest BCUT2D eigenvalue weighted by Crippen LogP contribution is 2.27. The predicted octanol–water partition coefficient (Wildman–Crippen LogP) is 3.88. The maximum atomic E-state index is 13.3. The van der Waals surface area contributed by atoms with E-state index in [-0.39, 0.29) is 11.9 Å².